The quantitative estimate of drug-likeness (QED) is 0.491. The summed E-state index contributed by atoms with van der Waals surface area (Å²) >= 11 is 0. The van der Waals surface area contributed by atoms with Crippen LogP contribution in [-0.4, -0.2) is 14.2 Å². The fourth-order valence-electron chi connectivity index (χ4n) is 1.63. The van der Waals surface area contributed by atoms with Crippen LogP contribution in [0.15, 0.2) is 41.3 Å². The highest BCUT2D eigenvalue weighted by Gasteiger charge is 2.24. The maximum Gasteiger partial charge on any atom is 0.342 e. The van der Waals surface area contributed by atoms with Crippen molar-refractivity contribution in [2.75, 3.05) is 0 Å². The first kappa shape index (κ1) is 16.0. The summed E-state index contributed by atoms with van der Waals surface area (Å²) in [7, 11) is -4.72. The third kappa shape index (κ3) is 3.28. The first-order valence-electron chi connectivity index (χ1n) is 5.91. The number of hydrogen-bond donors (Lipinski definition) is 0. The number of halogens is 3. The lowest BCUT2D eigenvalue weighted by molar-refractivity contribution is 0.101. The zero-order chi connectivity index (χ0) is 16.5. The summed E-state index contributed by atoms with van der Waals surface area (Å²) < 4.78 is 67.9. The first-order valence-corrected chi connectivity index (χ1v) is 7.31. The largest absolute Gasteiger partial charge is 0.379 e. The summed E-state index contributed by atoms with van der Waals surface area (Å²) in [4.78, 5) is 10.1. The molecule has 2 rings (SSSR count). The molecule has 0 unspecified atom stereocenters. The lowest BCUT2D eigenvalue weighted by atomic mass is 10.1. The third-order valence-electron chi connectivity index (χ3n) is 2.69. The molecule has 0 aliphatic heterocycles. The van der Waals surface area contributed by atoms with Crippen molar-refractivity contribution >= 4 is 15.9 Å². The Labute approximate surface area is 124 Å². The number of ketones is 1. The van der Waals surface area contributed by atoms with Gasteiger partial charge in [0.05, 0.1) is 0 Å². The second kappa shape index (κ2) is 5.80. The number of rotatable bonds is 4. The molecule has 0 aliphatic carbocycles. The SMILES string of the molecule is CC(=O)c1cccc(OS(=O)(=O)c2cc(F)c(F)cc2F)c1. The summed E-state index contributed by atoms with van der Waals surface area (Å²) in [6.07, 6.45) is 0. The molecule has 0 heterocycles. The van der Waals surface area contributed by atoms with Gasteiger partial charge in [-0.25, -0.2) is 13.2 Å². The van der Waals surface area contributed by atoms with E-state index in [1.54, 1.807) is 0 Å². The smallest absolute Gasteiger partial charge is 0.342 e. The van der Waals surface area contributed by atoms with E-state index in [0.29, 0.717) is 0 Å². The van der Waals surface area contributed by atoms with Gasteiger partial charge in [0.2, 0.25) is 0 Å². The van der Waals surface area contributed by atoms with Crippen molar-refractivity contribution in [1.29, 1.82) is 0 Å². The monoisotopic (exact) mass is 330 g/mol. The molecule has 0 radical (unpaired) electrons. The molecular weight excluding hydrogens is 321 g/mol. The number of carbonyl (C=O) groups excluding carboxylic acids is 1. The van der Waals surface area contributed by atoms with Gasteiger partial charge in [-0.05, 0) is 19.1 Å². The second-order valence-corrected chi connectivity index (χ2v) is 5.83. The Morgan fingerprint density at radius 1 is 1.00 bits per heavy atom. The third-order valence-corrected chi connectivity index (χ3v) is 3.95. The number of hydrogen-bond acceptors (Lipinski definition) is 4. The molecule has 0 aliphatic rings. The van der Waals surface area contributed by atoms with E-state index < -0.39 is 32.5 Å². The van der Waals surface area contributed by atoms with E-state index in [9.17, 15) is 26.4 Å². The lowest BCUT2D eigenvalue weighted by Gasteiger charge is -2.09. The molecule has 116 valence electrons. The zero-order valence-electron chi connectivity index (χ0n) is 11.1. The van der Waals surface area contributed by atoms with Crippen LogP contribution in [0.3, 0.4) is 0 Å². The fraction of sp³-hybridized carbons (Fsp3) is 0.0714. The fourth-order valence-corrected chi connectivity index (χ4v) is 2.63. The van der Waals surface area contributed by atoms with Crippen LogP contribution >= 0.6 is 0 Å². The zero-order valence-corrected chi connectivity index (χ0v) is 12.0. The van der Waals surface area contributed by atoms with E-state index in [4.69, 9.17) is 0 Å². The van der Waals surface area contributed by atoms with Crippen LogP contribution in [0.1, 0.15) is 17.3 Å². The maximum atomic E-state index is 13.5. The van der Waals surface area contributed by atoms with Crippen molar-refractivity contribution in [2.45, 2.75) is 11.8 Å². The van der Waals surface area contributed by atoms with Crippen LogP contribution in [0.5, 0.6) is 5.75 Å². The first-order chi connectivity index (χ1) is 10.2. The van der Waals surface area contributed by atoms with E-state index in [1.807, 2.05) is 0 Å². The number of carbonyl (C=O) groups is 1. The molecule has 0 aromatic heterocycles. The van der Waals surface area contributed by atoms with Gasteiger partial charge in [0.15, 0.2) is 17.4 Å². The van der Waals surface area contributed by atoms with E-state index in [1.165, 1.54) is 25.1 Å². The van der Waals surface area contributed by atoms with Crippen molar-refractivity contribution in [2.24, 2.45) is 0 Å². The lowest BCUT2D eigenvalue weighted by Crippen LogP contribution is -2.13. The molecule has 0 saturated heterocycles. The van der Waals surface area contributed by atoms with Gasteiger partial charge in [-0.2, -0.15) is 8.42 Å². The van der Waals surface area contributed by atoms with Crippen LogP contribution < -0.4 is 4.18 Å². The Kier molecular flexibility index (Phi) is 4.23. The van der Waals surface area contributed by atoms with E-state index in [2.05, 4.69) is 4.18 Å². The Morgan fingerprint density at radius 2 is 1.64 bits per heavy atom. The second-order valence-electron chi connectivity index (χ2n) is 4.32. The predicted molar refractivity (Wildman–Crippen MR) is 70.6 cm³/mol. The highest BCUT2D eigenvalue weighted by molar-refractivity contribution is 7.87. The van der Waals surface area contributed by atoms with Crippen molar-refractivity contribution in [3.8, 4) is 5.75 Å². The molecule has 22 heavy (non-hydrogen) atoms. The summed E-state index contributed by atoms with van der Waals surface area (Å²) in [6.45, 7) is 1.27. The van der Waals surface area contributed by atoms with Gasteiger partial charge in [-0.15, -0.1) is 0 Å². The van der Waals surface area contributed by atoms with Crippen LogP contribution in [0.4, 0.5) is 13.2 Å². The van der Waals surface area contributed by atoms with E-state index in [0.717, 1.165) is 6.07 Å². The Balaban J connectivity index is 2.42. The average Bonchev–Trinajstić information content (AvgIpc) is 2.42. The normalized spacial score (nSPS) is 11.3. The Morgan fingerprint density at radius 3 is 2.27 bits per heavy atom. The van der Waals surface area contributed by atoms with Crippen molar-refractivity contribution in [3.63, 3.8) is 0 Å². The molecule has 0 fully saturated rings. The summed E-state index contributed by atoms with van der Waals surface area (Å²) in [6, 6.07) is 5.45. The van der Waals surface area contributed by atoms with Crippen LogP contribution in [0.25, 0.3) is 0 Å². The molecular formula is C14H9F3O4S. The molecule has 0 saturated carbocycles. The minimum atomic E-state index is -4.72. The van der Waals surface area contributed by atoms with Crippen molar-refractivity contribution in [3.05, 3.63) is 59.4 Å². The molecule has 0 spiro atoms. The number of benzene rings is 2. The van der Waals surface area contributed by atoms with Gasteiger partial charge in [-0.3, -0.25) is 4.79 Å². The molecule has 0 bridgehead atoms. The van der Waals surface area contributed by atoms with Crippen LogP contribution in [0, 0.1) is 17.5 Å². The maximum absolute atomic E-state index is 13.5. The molecule has 0 N–H and O–H groups in total. The molecule has 0 atom stereocenters. The summed E-state index contributed by atoms with van der Waals surface area (Å²) in [5.74, 6) is -5.11. The summed E-state index contributed by atoms with van der Waals surface area (Å²) in [5, 5.41) is 0. The van der Waals surface area contributed by atoms with Gasteiger partial charge in [-0.1, -0.05) is 12.1 Å². The molecule has 0 amide bonds. The van der Waals surface area contributed by atoms with Crippen molar-refractivity contribution < 1.29 is 30.6 Å². The Hall–Kier alpha value is -2.35. The predicted octanol–water partition coefficient (Wildman–Crippen LogP) is 3.07. The van der Waals surface area contributed by atoms with Gasteiger partial charge in [0.25, 0.3) is 0 Å². The van der Waals surface area contributed by atoms with E-state index >= 15 is 0 Å². The van der Waals surface area contributed by atoms with Crippen LogP contribution in [-0.2, 0) is 10.1 Å². The minimum Gasteiger partial charge on any atom is -0.379 e. The van der Waals surface area contributed by atoms with Gasteiger partial charge < -0.3 is 4.18 Å². The van der Waals surface area contributed by atoms with E-state index in [-0.39, 0.29) is 29.2 Å². The molecule has 2 aromatic rings. The van der Waals surface area contributed by atoms with Gasteiger partial charge in [0, 0.05) is 17.7 Å². The van der Waals surface area contributed by atoms with Gasteiger partial charge >= 0.3 is 10.1 Å². The van der Waals surface area contributed by atoms with Gasteiger partial charge in [0.1, 0.15) is 16.5 Å². The topological polar surface area (TPSA) is 60.4 Å². The highest BCUT2D eigenvalue weighted by Crippen LogP contribution is 2.23. The molecule has 8 heteroatoms. The van der Waals surface area contributed by atoms with Crippen molar-refractivity contribution in [1.82, 2.24) is 0 Å². The standard InChI is InChI=1S/C14H9F3O4S/c1-8(18)9-3-2-4-10(5-9)21-22(19,20)14-7-12(16)11(15)6-13(14)17/h2-7H,1H3. The summed E-state index contributed by atoms with van der Waals surface area (Å²) in [5.41, 5.74) is 0.179. The average molecular weight is 330 g/mol. The minimum absolute atomic E-state index is 0.109. The Bertz CT molecular complexity index is 847. The number of Topliss-reactive ketones (excluding diaryl/α,β-unsaturated/α-hetero) is 1. The molecule has 2 aromatic carbocycles. The van der Waals surface area contributed by atoms with Crippen LogP contribution in [0.2, 0.25) is 0 Å². The highest BCUT2D eigenvalue weighted by atomic mass is 32.2. The molecule has 4 nitrogen and oxygen atoms in total.